The van der Waals surface area contributed by atoms with Crippen LogP contribution < -0.4 is 5.73 Å². The van der Waals surface area contributed by atoms with E-state index in [-0.39, 0.29) is 0 Å². The molecule has 0 aliphatic rings. The first-order valence-corrected chi connectivity index (χ1v) is 6.78. The lowest BCUT2D eigenvalue weighted by Gasteiger charge is -2.17. The standard InChI is InChI=1S/C17H22N2/c1-3-14-7-9-15(10-8-14)12-19(2)13-16-5-4-6-17(18)11-16/h4-11H,3,12-13,18H2,1-2H3. The third-order valence-corrected chi connectivity index (χ3v) is 3.29. The highest BCUT2D eigenvalue weighted by molar-refractivity contribution is 5.40. The molecular weight excluding hydrogens is 232 g/mol. The van der Waals surface area contributed by atoms with E-state index >= 15 is 0 Å². The molecule has 19 heavy (non-hydrogen) atoms. The van der Waals surface area contributed by atoms with Crippen molar-refractivity contribution in [1.29, 1.82) is 0 Å². The highest BCUT2D eigenvalue weighted by atomic mass is 15.1. The van der Waals surface area contributed by atoms with Crippen molar-refractivity contribution >= 4 is 5.69 Å². The molecule has 0 aliphatic carbocycles. The molecule has 100 valence electrons. The maximum absolute atomic E-state index is 5.80. The van der Waals surface area contributed by atoms with Gasteiger partial charge >= 0.3 is 0 Å². The summed E-state index contributed by atoms with van der Waals surface area (Å²) in [6.45, 7) is 4.06. The van der Waals surface area contributed by atoms with Crippen LogP contribution in [0.2, 0.25) is 0 Å². The Hall–Kier alpha value is -1.80. The van der Waals surface area contributed by atoms with Crippen LogP contribution in [0, 0.1) is 0 Å². The van der Waals surface area contributed by atoms with Crippen LogP contribution in [0.5, 0.6) is 0 Å². The molecule has 0 aliphatic heterocycles. The minimum Gasteiger partial charge on any atom is -0.399 e. The smallest absolute Gasteiger partial charge is 0.0317 e. The van der Waals surface area contributed by atoms with Crippen LogP contribution in [0.3, 0.4) is 0 Å². The molecule has 0 heterocycles. The second-order valence-electron chi connectivity index (χ2n) is 5.09. The van der Waals surface area contributed by atoms with Gasteiger partial charge in [0.1, 0.15) is 0 Å². The lowest BCUT2D eigenvalue weighted by atomic mass is 10.1. The van der Waals surface area contributed by atoms with Crippen molar-refractivity contribution in [2.75, 3.05) is 12.8 Å². The summed E-state index contributed by atoms with van der Waals surface area (Å²) in [4.78, 5) is 2.30. The Morgan fingerprint density at radius 2 is 1.53 bits per heavy atom. The predicted octanol–water partition coefficient (Wildman–Crippen LogP) is 3.46. The van der Waals surface area contributed by atoms with Gasteiger partial charge in [0, 0.05) is 18.8 Å². The van der Waals surface area contributed by atoms with Crippen LogP contribution in [0.4, 0.5) is 5.69 Å². The molecule has 0 fully saturated rings. The van der Waals surface area contributed by atoms with E-state index in [0.29, 0.717) is 0 Å². The molecule has 0 amide bonds. The summed E-state index contributed by atoms with van der Waals surface area (Å²) in [7, 11) is 2.14. The molecule has 0 spiro atoms. The summed E-state index contributed by atoms with van der Waals surface area (Å²) in [5.41, 5.74) is 10.6. The number of nitrogen functional groups attached to an aromatic ring is 1. The minimum atomic E-state index is 0.832. The number of anilines is 1. The summed E-state index contributed by atoms with van der Waals surface area (Å²) in [5, 5.41) is 0. The van der Waals surface area contributed by atoms with Crippen LogP contribution in [-0.2, 0) is 19.5 Å². The zero-order valence-electron chi connectivity index (χ0n) is 11.8. The van der Waals surface area contributed by atoms with Gasteiger partial charge < -0.3 is 5.73 Å². The first kappa shape index (κ1) is 13.6. The topological polar surface area (TPSA) is 29.3 Å². The van der Waals surface area contributed by atoms with Crippen LogP contribution in [-0.4, -0.2) is 11.9 Å². The van der Waals surface area contributed by atoms with Crippen molar-refractivity contribution < 1.29 is 0 Å². The Labute approximate surface area is 115 Å². The van der Waals surface area contributed by atoms with Crippen molar-refractivity contribution in [1.82, 2.24) is 4.90 Å². The first-order valence-electron chi connectivity index (χ1n) is 6.78. The summed E-state index contributed by atoms with van der Waals surface area (Å²) >= 11 is 0. The minimum absolute atomic E-state index is 0.832. The van der Waals surface area contributed by atoms with Gasteiger partial charge in [-0.15, -0.1) is 0 Å². The zero-order chi connectivity index (χ0) is 13.7. The summed E-state index contributed by atoms with van der Waals surface area (Å²) in [6.07, 6.45) is 1.10. The SMILES string of the molecule is CCc1ccc(CN(C)Cc2cccc(N)c2)cc1. The number of hydrogen-bond donors (Lipinski definition) is 1. The molecule has 2 aromatic carbocycles. The molecular formula is C17H22N2. The summed E-state index contributed by atoms with van der Waals surface area (Å²) in [5.74, 6) is 0. The second kappa shape index (κ2) is 6.39. The van der Waals surface area contributed by atoms with Gasteiger partial charge in [0.2, 0.25) is 0 Å². The van der Waals surface area contributed by atoms with Gasteiger partial charge in [-0.1, -0.05) is 43.3 Å². The van der Waals surface area contributed by atoms with Crippen molar-refractivity contribution in [2.24, 2.45) is 0 Å². The van der Waals surface area contributed by atoms with Gasteiger partial charge in [-0.2, -0.15) is 0 Å². The van der Waals surface area contributed by atoms with Gasteiger partial charge in [-0.3, -0.25) is 4.90 Å². The van der Waals surface area contributed by atoms with Gasteiger partial charge in [0.25, 0.3) is 0 Å². The van der Waals surface area contributed by atoms with Gasteiger partial charge in [0.05, 0.1) is 0 Å². The molecule has 0 atom stereocenters. The largest absolute Gasteiger partial charge is 0.399 e. The van der Waals surface area contributed by atoms with Gasteiger partial charge in [0.15, 0.2) is 0 Å². The number of hydrogen-bond acceptors (Lipinski definition) is 2. The molecule has 0 unspecified atom stereocenters. The molecule has 0 bridgehead atoms. The maximum Gasteiger partial charge on any atom is 0.0317 e. The molecule has 2 rings (SSSR count). The molecule has 2 N–H and O–H groups in total. The van der Waals surface area contributed by atoms with Gasteiger partial charge in [-0.25, -0.2) is 0 Å². The average Bonchev–Trinajstić information content (AvgIpc) is 2.39. The molecule has 0 aromatic heterocycles. The highest BCUT2D eigenvalue weighted by Gasteiger charge is 2.02. The quantitative estimate of drug-likeness (QED) is 0.828. The number of benzene rings is 2. The van der Waals surface area contributed by atoms with Crippen molar-refractivity contribution in [3.63, 3.8) is 0 Å². The Kier molecular flexibility index (Phi) is 4.58. The van der Waals surface area contributed by atoms with E-state index < -0.39 is 0 Å². The van der Waals surface area contributed by atoms with Crippen LogP contribution >= 0.6 is 0 Å². The fraction of sp³-hybridized carbons (Fsp3) is 0.294. The number of nitrogens with two attached hydrogens (primary N) is 1. The lowest BCUT2D eigenvalue weighted by molar-refractivity contribution is 0.319. The van der Waals surface area contributed by atoms with Crippen molar-refractivity contribution in [2.45, 2.75) is 26.4 Å². The Balaban J connectivity index is 1.95. The molecule has 2 nitrogen and oxygen atoms in total. The fourth-order valence-corrected chi connectivity index (χ4v) is 2.25. The fourth-order valence-electron chi connectivity index (χ4n) is 2.25. The number of aryl methyl sites for hydroxylation is 1. The molecule has 0 saturated carbocycles. The van der Waals surface area contributed by atoms with Crippen LogP contribution in [0.15, 0.2) is 48.5 Å². The Morgan fingerprint density at radius 3 is 2.16 bits per heavy atom. The second-order valence-corrected chi connectivity index (χ2v) is 5.09. The summed E-state index contributed by atoms with van der Waals surface area (Å²) < 4.78 is 0. The molecule has 2 aromatic rings. The monoisotopic (exact) mass is 254 g/mol. The zero-order valence-corrected chi connectivity index (χ0v) is 11.8. The van der Waals surface area contributed by atoms with E-state index in [4.69, 9.17) is 5.73 Å². The molecule has 0 radical (unpaired) electrons. The van der Waals surface area contributed by atoms with Crippen LogP contribution in [0.1, 0.15) is 23.6 Å². The third kappa shape index (κ3) is 4.11. The highest BCUT2D eigenvalue weighted by Crippen LogP contribution is 2.12. The van der Waals surface area contributed by atoms with Crippen LogP contribution in [0.25, 0.3) is 0 Å². The van der Waals surface area contributed by atoms with E-state index in [9.17, 15) is 0 Å². The van der Waals surface area contributed by atoms with Crippen molar-refractivity contribution in [3.05, 3.63) is 65.2 Å². The molecule has 0 saturated heterocycles. The Bertz CT molecular complexity index is 517. The Morgan fingerprint density at radius 1 is 0.895 bits per heavy atom. The number of nitrogens with zero attached hydrogens (tertiary/aromatic N) is 1. The first-order chi connectivity index (χ1) is 9.17. The summed E-state index contributed by atoms with van der Waals surface area (Å²) in [6, 6.07) is 16.9. The molecule has 2 heteroatoms. The lowest BCUT2D eigenvalue weighted by Crippen LogP contribution is -2.17. The van der Waals surface area contributed by atoms with Gasteiger partial charge in [-0.05, 0) is 42.3 Å². The van der Waals surface area contributed by atoms with E-state index in [1.54, 1.807) is 0 Å². The van der Waals surface area contributed by atoms with E-state index in [1.807, 2.05) is 18.2 Å². The normalized spacial score (nSPS) is 10.9. The van der Waals surface area contributed by atoms with E-state index in [1.165, 1.54) is 16.7 Å². The van der Waals surface area contributed by atoms with E-state index in [2.05, 4.69) is 49.2 Å². The third-order valence-electron chi connectivity index (χ3n) is 3.29. The maximum atomic E-state index is 5.80. The average molecular weight is 254 g/mol. The predicted molar refractivity (Wildman–Crippen MR) is 81.8 cm³/mol. The number of rotatable bonds is 5. The van der Waals surface area contributed by atoms with Crippen molar-refractivity contribution in [3.8, 4) is 0 Å². The van der Waals surface area contributed by atoms with E-state index in [0.717, 1.165) is 25.2 Å².